The van der Waals surface area contributed by atoms with E-state index >= 15 is 0 Å². The quantitative estimate of drug-likeness (QED) is 0.585. The number of aromatic amines is 1. The summed E-state index contributed by atoms with van der Waals surface area (Å²) in [5.74, 6) is -1.49. The second kappa shape index (κ2) is 8.53. The van der Waals surface area contributed by atoms with Gasteiger partial charge in [0.15, 0.2) is 0 Å². The summed E-state index contributed by atoms with van der Waals surface area (Å²) in [6.07, 6.45) is 0. The summed E-state index contributed by atoms with van der Waals surface area (Å²) in [6, 6.07) is 6.39. The molecule has 0 saturated carbocycles. The number of H-pyrrole nitrogens is 1. The summed E-state index contributed by atoms with van der Waals surface area (Å²) in [5.41, 5.74) is 2.50. The number of carbonyl (C=O) groups is 1. The van der Waals surface area contributed by atoms with Gasteiger partial charge in [0.1, 0.15) is 11.5 Å². The number of nitrogens with one attached hydrogen (secondary N) is 2. The zero-order valence-corrected chi connectivity index (χ0v) is 18.1. The molecule has 172 valence electrons. The Kier molecular flexibility index (Phi) is 5.55. The molecule has 0 radical (unpaired) electrons. The van der Waals surface area contributed by atoms with E-state index in [1.54, 1.807) is 6.07 Å². The van der Waals surface area contributed by atoms with Crippen molar-refractivity contribution in [1.82, 2.24) is 20.2 Å². The van der Waals surface area contributed by atoms with E-state index in [4.69, 9.17) is 4.74 Å². The lowest BCUT2D eigenvalue weighted by Crippen LogP contribution is -2.46. The van der Waals surface area contributed by atoms with Gasteiger partial charge in [0.25, 0.3) is 11.5 Å². The maximum Gasteiger partial charge on any atom is 0.269 e. The van der Waals surface area contributed by atoms with Crippen LogP contribution < -0.4 is 15.8 Å². The first-order valence-corrected chi connectivity index (χ1v) is 10.7. The third kappa shape index (κ3) is 3.96. The third-order valence-electron chi connectivity index (χ3n) is 6.24. The molecule has 3 aromatic rings. The van der Waals surface area contributed by atoms with Crippen molar-refractivity contribution in [2.24, 2.45) is 0 Å². The minimum Gasteiger partial charge on any atom is -0.372 e. The number of halogens is 2. The lowest BCUT2D eigenvalue weighted by Gasteiger charge is -2.36. The Labute approximate surface area is 188 Å². The molecule has 4 heterocycles. The van der Waals surface area contributed by atoms with Crippen LogP contribution in [0.3, 0.4) is 0 Å². The number of rotatable bonds is 4. The lowest BCUT2D eigenvalue weighted by atomic mass is 10.0. The molecule has 8 nitrogen and oxygen atoms in total. The van der Waals surface area contributed by atoms with Crippen molar-refractivity contribution in [3.8, 4) is 0 Å². The fourth-order valence-electron chi connectivity index (χ4n) is 4.53. The van der Waals surface area contributed by atoms with Crippen LogP contribution in [0.2, 0.25) is 0 Å². The number of aromatic nitrogens is 2. The van der Waals surface area contributed by atoms with Crippen LogP contribution in [0.4, 0.5) is 14.5 Å². The van der Waals surface area contributed by atoms with Gasteiger partial charge in [-0.3, -0.25) is 14.5 Å². The Morgan fingerprint density at radius 2 is 1.91 bits per heavy atom. The first kappa shape index (κ1) is 21.5. The van der Waals surface area contributed by atoms with Gasteiger partial charge in [-0.2, -0.15) is 4.39 Å². The molecule has 10 heteroatoms. The second-order valence-corrected chi connectivity index (χ2v) is 8.25. The highest BCUT2D eigenvalue weighted by Crippen LogP contribution is 2.28. The Balaban J connectivity index is 1.29. The van der Waals surface area contributed by atoms with E-state index in [-0.39, 0.29) is 30.3 Å². The summed E-state index contributed by atoms with van der Waals surface area (Å²) in [7, 11) is 1.47. The number of ether oxygens (including phenoxy) is 1. The van der Waals surface area contributed by atoms with Crippen LogP contribution in [0.15, 0.2) is 29.1 Å². The molecule has 2 aliphatic rings. The number of hydrogen-bond acceptors (Lipinski definition) is 6. The Hall–Kier alpha value is -3.37. The Bertz CT molecular complexity index is 1300. The molecule has 0 unspecified atom stereocenters. The molecule has 0 aliphatic carbocycles. The lowest BCUT2D eigenvalue weighted by molar-refractivity contribution is 0.0957. The van der Waals surface area contributed by atoms with Crippen molar-refractivity contribution in [3.05, 3.63) is 68.8 Å². The molecule has 0 bridgehead atoms. The zero-order chi connectivity index (χ0) is 23.1. The number of fused-ring (bicyclic) bond motifs is 3. The molecule has 1 saturated heterocycles. The number of carbonyl (C=O) groups excluding carboxylic acids is 1. The molecule has 33 heavy (non-hydrogen) atoms. The van der Waals surface area contributed by atoms with E-state index in [0.717, 1.165) is 5.56 Å². The van der Waals surface area contributed by atoms with Crippen LogP contribution in [-0.4, -0.2) is 54.0 Å². The topological polar surface area (TPSA) is 90.6 Å². The first-order valence-electron chi connectivity index (χ1n) is 10.7. The molecular formula is C23H23F2N5O3. The highest BCUT2D eigenvalue weighted by Gasteiger charge is 2.24. The average molecular weight is 455 g/mol. The summed E-state index contributed by atoms with van der Waals surface area (Å²) < 4.78 is 34.8. The number of anilines is 1. The van der Waals surface area contributed by atoms with E-state index in [2.05, 4.69) is 20.2 Å². The number of nitrogens with zero attached hydrogens (tertiary/aromatic N) is 3. The SMILES string of the molecule is CNC(=O)c1ccc(N2CCN(Cc3cc(F)c4c5c(c(=O)[nH]c4c3)COC5)CC2)c(F)n1. The van der Waals surface area contributed by atoms with E-state index in [9.17, 15) is 18.4 Å². The van der Waals surface area contributed by atoms with Crippen LogP contribution in [0.25, 0.3) is 10.9 Å². The maximum atomic E-state index is 14.9. The molecular weight excluding hydrogens is 432 g/mol. The van der Waals surface area contributed by atoms with E-state index in [1.807, 2.05) is 11.0 Å². The van der Waals surface area contributed by atoms with Gasteiger partial charge in [-0.15, -0.1) is 0 Å². The van der Waals surface area contributed by atoms with Crippen LogP contribution in [0.5, 0.6) is 0 Å². The van der Waals surface area contributed by atoms with Gasteiger partial charge in [-0.05, 0) is 29.8 Å². The zero-order valence-electron chi connectivity index (χ0n) is 18.1. The second-order valence-electron chi connectivity index (χ2n) is 8.25. The molecule has 5 rings (SSSR count). The minimum atomic E-state index is -0.679. The van der Waals surface area contributed by atoms with Crippen LogP contribution in [0.1, 0.15) is 27.2 Å². The normalized spacial score (nSPS) is 16.3. The maximum absolute atomic E-state index is 14.9. The predicted molar refractivity (Wildman–Crippen MR) is 118 cm³/mol. The van der Waals surface area contributed by atoms with Crippen molar-refractivity contribution in [2.75, 3.05) is 38.1 Å². The molecule has 2 aromatic heterocycles. The molecule has 1 amide bonds. The van der Waals surface area contributed by atoms with E-state index in [1.165, 1.54) is 19.2 Å². The molecule has 0 spiro atoms. The van der Waals surface area contributed by atoms with Crippen LogP contribution >= 0.6 is 0 Å². The summed E-state index contributed by atoms with van der Waals surface area (Å²) in [4.78, 5) is 34.5. The number of amides is 1. The van der Waals surface area contributed by atoms with Gasteiger partial charge in [-0.1, -0.05) is 0 Å². The highest BCUT2D eigenvalue weighted by molar-refractivity contribution is 5.92. The Morgan fingerprint density at radius 1 is 1.15 bits per heavy atom. The summed E-state index contributed by atoms with van der Waals surface area (Å²) in [6.45, 7) is 3.37. The molecule has 0 atom stereocenters. The van der Waals surface area contributed by atoms with Gasteiger partial charge in [0.2, 0.25) is 5.95 Å². The third-order valence-corrected chi connectivity index (χ3v) is 6.24. The Morgan fingerprint density at radius 3 is 2.64 bits per heavy atom. The highest BCUT2D eigenvalue weighted by atomic mass is 19.1. The van der Waals surface area contributed by atoms with E-state index in [0.29, 0.717) is 60.4 Å². The largest absolute Gasteiger partial charge is 0.372 e. The van der Waals surface area contributed by atoms with E-state index < -0.39 is 11.9 Å². The van der Waals surface area contributed by atoms with Crippen molar-refractivity contribution in [2.45, 2.75) is 19.8 Å². The van der Waals surface area contributed by atoms with Gasteiger partial charge >= 0.3 is 0 Å². The molecule has 2 aliphatic heterocycles. The number of hydrogen-bond donors (Lipinski definition) is 2. The monoisotopic (exact) mass is 455 g/mol. The van der Waals surface area contributed by atoms with Gasteiger partial charge in [-0.25, -0.2) is 9.37 Å². The van der Waals surface area contributed by atoms with Crippen molar-refractivity contribution in [1.29, 1.82) is 0 Å². The number of pyridine rings is 2. The average Bonchev–Trinajstić information content (AvgIpc) is 3.29. The summed E-state index contributed by atoms with van der Waals surface area (Å²) in [5, 5.41) is 2.84. The fraction of sp³-hybridized carbons (Fsp3) is 0.348. The summed E-state index contributed by atoms with van der Waals surface area (Å²) >= 11 is 0. The molecule has 1 fully saturated rings. The smallest absolute Gasteiger partial charge is 0.269 e. The number of benzene rings is 1. The predicted octanol–water partition coefficient (Wildman–Crippen LogP) is 1.91. The van der Waals surface area contributed by atoms with Gasteiger partial charge in [0, 0.05) is 56.3 Å². The van der Waals surface area contributed by atoms with Crippen LogP contribution in [0, 0.1) is 11.8 Å². The first-order chi connectivity index (χ1) is 15.9. The standard InChI is InChI=1S/C23H23F2N5O3/c1-26-23(32)17-2-3-19(21(25)27-17)30-6-4-29(5-7-30)10-13-8-16(24)20-14-11-33-12-15(14)22(31)28-18(20)9-13/h2-3,8-9H,4-7,10-12H2,1H3,(H,26,32)(H,28,31). The number of piperazine rings is 1. The van der Waals surface area contributed by atoms with Gasteiger partial charge < -0.3 is 19.9 Å². The van der Waals surface area contributed by atoms with Crippen LogP contribution in [-0.2, 0) is 24.5 Å². The van der Waals surface area contributed by atoms with Crippen molar-refractivity contribution >= 4 is 22.5 Å². The van der Waals surface area contributed by atoms with Crippen molar-refractivity contribution < 1.29 is 18.3 Å². The minimum absolute atomic E-state index is 0.0333. The fourth-order valence-corrected chi connectivity index (χ4v) is 4.53. The molecule has 1 aromatic carbocycles. The van der Waals surface area contributed by atoms with Gasteiger partial charge in [0.05, 0.1) is 24.4 Å². The van der Waals surface area contributed by atoms with Crippen molar-refractivity contribution in [3.63, 3.8) is 0 Å². The molecule has 2 N–H and O–H groups in total.